The minimum Gasteiger partial charge on any atom is -0.497 e. The molecule has 1 saturated carbocycles. The molecule has 4 rings (SSSR count). The Hall–Kier alpha value is -3.26. The van der Waals surface area contributed by atoms with E-state index in [2.05, 4.69) is 59.2 Å². The Balaban J connectivity index is 1.32. The van der Waals surface area contributed by atoms with Gasteiger partial charge in [-0.3, -0.25) is 0 Å². The van der Waals surface area contributed by atoms with Crippen LogP contribution in [0, 0.1) is 0 Å². The van der Waals surface area contributed by atoms with Gasteiger partial charge in [0.1, 0.15) is 17.3 Å². The molecule has 0 unspecified atom stereocenters. The molecule has 0 saturated heterocycles. The Kier molecular flexibility index (Phi) is 7.57. The lowest BCUT2D eigenvalue weighted by Gasteiger charge is -2.31. The first-order valence-corrected chi connectivity index (χ1v) is 12.0. The average Bonchev–Trinajstić information content (AvgIpc) is 2.85. The predicted octanol–water partition coefficient (Wildman–Crippen LogP) is 5.03. The number of anilines is 3. The first-order valence-electron chi connectivity index (χ1n) is 11.6. The molecule has 3 N–H and O–H groups in total. The summed E-state index contributed by atoms with van der Waals surface area (Å²) in [6, 6.07) is 16.8. The van der Waals surface area contributed by atoms with Crippen LogP contribution in [0.25, 0.3) is 10.9 Å². The number of aromatic nitrogens is 1. The molecule has 1 aliphatic rings. The summed E-state index contributed by atoms with van der Waals surface area (Å²) in [7, 11) is 7.41. The van der Waals surface area contributed by atoms with Gasteiger partial charge in [0.05, 0.1) is 25.4 Å². The van der Waals surface area contributed by atoms with Crippen LogP contribution in [-0.4, -0.2) is 50.5 Å². The number of pyridine rings is 1. The molecule has 0 aliphatic heterocycles. The lowest BCUT2D eigenvalue weighted by atomic mass is 9.91. The fourth-order valence-corrected chi connectivity index (χ4v) is 4.71. The topological polar surface area (TPSA) is 70.7 Å². The van der Waals surface area contributed by atoms with E-state index in [9.17, 15) is 0 Å². The van der Waals surface area contributed by atoms with Crippen LogP contribution in [-0.2, 0) is 0 Å². The molecule has 1 aliphatic carbocycles. The summed E-state index contributed by atoms with van der Waals surface area (Å²) in [6.45, 7) is 0. The zero-order valence-electron chi connectivity index (χ0n) is 20.2. The zero-order valence-corrected chi connectivity index (χ0v) is 21.0. The lowest BCUT2D eigenvalue weighted by molar-refractivity contribution is 0.388. The van der Waals surface area contributed by atoms with Gasteiger partial charge in [0, 0.05) is 49.4 Å². The van der Waals surface area contributed by atoms with E-state index in [1.165, 1.54) is 11.1 Å². The second-order valence-corrected chi connectivity index (χ2v) is 9.20. The monoisotopic (exact) mass is 479 g/mol. The number of thiocarbonyl (C=S) groups is 1. The molecule has 1 aromatic heterocycles. The van der Waals surface area contributed by atoms with Crippen molar-refractivity contribution in [1.82, 2.24) is 10.3 Å². The van der Waals surface area contributed by atoms with Gasteiger partial charge in [-0.05, 0) is 56.1 Å². The van der Waals surface area contributed by atoms with Crippen LogP contribution in [0.2, 0.25) is 0 Å². The molecule has 34 heavy (non-hydrogen) atoms. The van der Waals surface area contributed by atoms with E-state index < -0.39 is 0 Å². The molecule has 1 heterocycles. The highest BCUT2D eigenvalue weighted by Crippen LogP contribution is 2.30. The number of para-hydroxylation sites is 1. The molecular weight excluding hydrogens is 446 g/mol. The highest BCUT2D eigenvalue weighted by atomic mass is 32.1. The van der Waals surface area contributed by atoms with Crippen LogP contribution in [0.1, 0.15) is 25.7 Å². The molecule has 0 radical (unpaired) electrons. The summed E-state index contributed by atoms with van der Waals surface area (Å²) in [6.07, 6.45) is 4.18. The Morgan fingerprint density at radius 2 is 1.71 bits per heavy atom. The Morgan fingerprint density at radius 1 is 0.971 bits per heavy atom. The standard InChI is InChI=1S/C26H33N5O2S/c1-31(2)23-16-25(29-21-8-6-5-7-20(21)23)27-17-9-11-18(12-10-17)28-26(34)30-22-14-13-19(32-3)15-24(22)33-4/h5-8,13-18H,9-12H2,1-4H3,(H,27,29)(H2,28,30,34). The summed E-state index contributed by atoms with van der Waals surface area (Å²) >= 11 is 5.56. The van der Waals surface area contributed by atoms with Crippen LogP contribution >= 0.6 is 12.2 Å². The molecule has 0 spiro atoms. The lowest BCUT2D eigenvalue weighted by Crippen LogP contribution is -2.42. The highest BCUT2D eigenvalue weighted by Gasteiger charge is 2.22. The van der Waals surface area contributed by atoms with Crippen molar-refractivity contribution in [3.8, 4) is 11.5 Å². The van der Waals surface area contributed by atoms with Crippen molar-refractivity contribution in [1.29, 1.82) is 0 Å². The second-order valence-electron chi connectivity index (χ2n) is 8.80. The fourth-order valence-electron chi connectivity index (χ4n) is 4.44. The summed E-state index contributed by atoms with van der Waals surface area (Å²) < 4.78 is 10.7. The second kappa shape index (κ2) is 10.8. The van der Waals surface area contributed by atoms with Gasteiger partial charge in [-0.15, -0.1) is 0 Å². The van der Waals surface area contributed by atoms with Gasteiger partial charge in [-0.2, -0.15) is 0 Å². The zero-order chi connectivity index (χ0) is 24.1. The molecule has 2 aromatic carbocycles. The highest BCUT2D eigenvalue weighted by molar-refractivity contribution is 7.80. The molecule has 1 fully saturated rings. The summed E-state index contributed by atoms with van der Waals surface area (Å²) in [5.41, 5.74) is 3.00. The number of nitrogens with one attached hydrogen (secondary N) is 3. The van der Waals surface area contributed by atoms with Crippen molar-refractivity contribution in [3.05, 3.63) is 48.5 Å². The minimum atomic E-state index is 0.337. The van der Waals surface area contributed by atoms with E-state index >= 15 is 0 Å². The summed E-state index contributed by atoms with van der Waals surface area (Å²) in [5, 5.41) is 12.2. The quantitative estimate of drug-likeness (QED) is 0.408. The van der Waals surface area contributed by atoms with Crippen molar-refractivity contribution in [3.63, 3.8) is 0 Å². The van der Waals surface area contributed by atoms with Crippen molar-refractivity contribution < 1.29 is 9.47 Å². The number of benzene rings is 2. The Bertz CT molecular complexity index is 1150. The molecule has 0 atom stereocenters. The summed E-state index contributed by atoms with van der Waals surface area (Å²) in [4.78, 5) is 6.99. The molecular formula is C26H33N5O2S. The molecule has 3 aromatic rings. The summed E-state index contributed by atoms with van der Waals surface area (Å²) in [5.74, 6) is 2.37. The Labute approximate surface area is 206 Å². The number of nitrogens with zero attached hydrogens (tertiary/aromatic N) is 2. The average molecular weight is 480 g/mol. The van der Waals surface area contributed by atoms with Crippen LogP contribution in [0.5, 0.6) is 11.5 Å². The number of rotatable bonds is 7. The normalized spacial score (nSPS) is 17.6. The van der Waals surface area contributed by atoms with Crippen LogP contribution in [0.3, 0.4) is 0 Å². The minimum absolute atomic E-state index is 0.337. The van der Waals surface area contributed by atoms with Crippen molar-refractivity contribution in [2.75, 3.05) is 43.8 Å². The van der Waals surface area contributed by atoms with Gasteiger partial charge in [-0.25, -0.2) is 4.98 Å². The SMILES string of the molecule is COc1ccc(NC(=S)NC2CCC(Nc3cc(N(C)C)c4ccccc4n3)CC2)c(OC)c1. The van der Waals surface area contributed by atoms with Crippen LogP contribution < -0.4 is 30.3 Å². The third-order valence-corrected chi connectivity index (χ3v) is 6.47. The maximum absolute atomic E-state index is 5.56. The van der Waals surface area contributed by atoms with Gasteiger partial charge >= 0.3 is 0 Å². The van der Waals surface area contributed by atoms with Gasteiger partial charge in [-0.1, -0.05) is 18.2 Å². The van der Waals surface area contributed by atoms with Gasteiger partial charge in [0.2, 0.25) is 0 Å². The van der Waals surface area contributed by atoms with Crippen LogP contribution in [0.15, 0.2) is 48.5 Å². The molecule has 8 heteroatoms. The molecule has 0 amide bonds. The number of hydrogen-bond acceptors (Lipinski definition) is 6. The third-order valence-electron chi connectivity index (χ3n) is 6.25. The number of hydrogen-bond donors (Lipinski definition) is 3. The molecule has 7 nitrogen and oxygen atoms in total. The van der Waals surface area contributed by atoms with E-state index in [1.807, 2.05) is 24.3 Å². The Morgan fingerprint density at radius 3 is 2.41 bits per heavy atom. The van der Waals surface area contributed by atoms with Crippen molar-refractivity contribution >= 4 is 45.4 Å². The van der Waals surface area contributed by atoms with Gasteiger partial charge < -0.3 is 30.3 Å². The van der Waals surface area contributed by atoms with Gasteiger partial charge in [0.15, 0.2) is 5.11 Å². The first kappa shape index (κ1) is 23.9. The number of fused-ring (bicyclic) bond motifs is 1. The third kappa shape index (κ3) is 5.62. The molecule has 180 valence electrons. The van der Waals surface area contributed by atoms with E-state index in [0.29, 0.717) is 22.9 Å². The maximum Gasteiger partial charge on any atom is 0.171 e. The number of ether oxygens (including phenoxy) is 2. The van der Waals surface area contributed by atoms with Crippen molar-refractivity contribution in [2.24, 2.45) is 0 Å². The fraction of sp³-hybridized carbons (Fsp3) is 0.385. The molecule has 0 bridgehead atoms. The van der Waals surface area contributed by atoms with E-state index in [1.54, 1.807) is 14.2 Å². The van der Waals surface area contributed by atoms with E-state index in [0.717, 1.165) is 48.5 Å². The van der Waals surface area contributed by atoms with E-state index in [4.69, 9.17) is 26.7 Å². The van der Waals surface area contributed by atoms with Crippen LogP contribution in [0.4, 0.5) is 17.2 Å². The van der Waals surface area contributed by atoms with E-state index in [-0.39, 0.29) is 0 Å². The predicted molar refractivity (Wildman–Crippen MR) is 145 cm³/mol. The first-order chi connectivity index (χ1) is 16.5. The van der Waals surface area contributed by atoms with Crippen molar-refractivity contribution in [2.45, 2.75) is 37.8 Å². The largest absolute Gasteiger partial charge is 0.497 e. The maximum atomic E-state index is 5.56. The van der Waals surface area contributed by atoms with Gasteiger partial charge in [0.25, 0.3) is 0 Å². The number of methoxy groups -OCH3 is 2. The smallest absolute Gasteiger partial charge is 0.171 e.